The lowest BCUT2D eigenvalue weighted by molar-refractivity contribution is -0.116. The number of halogens is 1. The molecule has 0 saturated heterocycles. The monoisotopic (exact) mass is 373 g/mol. The van der Waals surface area contributed by atoms with E-state index in [9.17, 15) is 4.79 Å². The van der Waals surface area contributed by atoms with E-state index >= 15 is 0 Å². The molecule has 1 N–H and O–H groups in total. The second-order valence-electron chi connectivity index (χ2n) is 5.09. The topological polar surface area (TPSA) is 56.2 Å². The standard InChI is InChI=1S/C17H16BrN3O2/c1-23-11-16-20-14-4-2-3-5-15(14)21(16)10-17(22)19-13-8-6-12(18)7-9-13/h2-9H,10-11H2,1H3,(H,19,22). The Balaban J connectivity index is 1.83. The summed E-state index contributed by atoms with van der Waals surface area (Å²) in [4.78, 5) is 16.9. The summed E-state index contributed by atoms with van der Waals surface area (Å²) in [5.74, 6) is 0.632. The van der Waals surface area contributed by atoms with Gasteiger partial charge in [0.05, 0.1) is 11.0 Å². The van der Waals surface area contributed by atoms with Crippen LogP contribution in [0.1, 0.15) is 5.82 Å². The fraction of sp³-hybridized carbons (Fsp3) is 0.176. The van der Waals surface area contributed by atoms with Crippen molar-refractivity contribution in [2.24, 2.45) is 0 Å². The highest BCUT2D eigenvalue weighted by molar-refractivity contribution is 9.10. The molecule has 1 heterocycles. The van der Waals surface area contributed by atoms with Gasteiger partial charge in [0.2, 0.25) is 5.91 Å². The van der Waals surface area contributed by atoms with Gasteiger partial charge < -0.3 is 14.6 Å². The summed E-state index contributed by atoms with van der Waals surface area (Å²) in [7, 11) is 1.62. The minimum atomic E-state index is -0.104. The Morgan fingerprint density at radius 2 is 1.96 bits per heavy atom. The van der Waals surface area contributed by atoms with Gasteiger partial charge in [-0.15, -0.1) is 0 Å². The number of nitrogens with zero attached hydrogens (tertiary/aromatic N) is 2. The van der Waals surface area contributed by atoms with Crippen LogP contribution in [0, 0.1) is 0 Å². The number of carbonyl (C=O) groups excluding carboxylic acids is 1. The minimum Gasteiger partial charge on any atom is -0.377 e. The van der Waals surface area contributed by atoms with E-state index in [1.807, 2.05) is 53.1 Å². The third-order valence-corrected chi connectivity index (χ3v) is 3.97. The molecule has 3 aromatic rings. The first kappa shape index (κ1) is 15.7. The Labute approximate surface area is 142 Å². The van der Waals surface area contributed by atoms with Gasteiger partial charge in [-0.2, -0.15) is 0 Å². The van der Waals surface area contributed by atoms with Crippen molar-refractivity contribution in [3.05, 3.63) is 58.8 Å². The molecule has 5 nitrogen and oxygen atoms in total. The molecule has 0 fully saturated rings. The van der Waals surface area contributed by atoms with Gasteiger partial charge in [-0.1, -0.05) is 28.1 Å². The molecule has 0 aliphatic heterocycles. The third kappa shape index (κ3) is 3.60. The van der Waals surface area contributed by atoms with Crippen LogP contribution in [0.5, 0.6) is 0 Å². The van der Waals surface area contributed by atoms with Crippen molar-refractivity contribution < 1.29 is 9.53 Å². The number of benzene rings is 2. The summed E-state index contributed by atoms with van der Waals surface area (Å²) in [6.45, 7) is 0.551. The van der Waals surface area contributed by atoms with Crippen LogP contribution in [0.3, 0.4) is 0 Å². The number of ether oxygens (including phenoxy) is 1. The number of carbonyl (C=O) groups is 1. The second kappa shape index (κ2) is 6.93. The molecule has 2 aromatic carbocycles. The largest absolute Gasteiger partial charge is 0.377 e. The molecule has 0 spiro atoms. The number of fused-ring (bicyclic) bond motifs is 1. The number of imidazole rings is 1. The van der Waals surface area contributed by atoms with Crippen molar-refractivity contribution >= 4 is 38.6 Å². The van der Waals surface area contributed by atoms with E-state index in [0.717, 1.165) is 27.0 Å². The quantitative estimate of drug-likeness (QED) is 0.743. The van der Waals surface area contributed by atoms with Crippen LogP contribution in [0.15, 0.2) is 53.0 Å². The van der Waals surface area contributed by atoms with Gasteiger partial charge in [-0.3, -0.25) is 4.79 Å². The smallest absolute Gasteiger partial charge is 0.244 e. The van der Waals surface area contributed by atoms with Crippen LogP contribution >= 0.6 is 15.9 Å². The van der Waals surface area contributed by atoms with E-state index in [4.69, 9.17) is 4.74 Å². The van der Waals surface area contributed by atoms with Crippen LogP contribution < -0.4 is 5.32 Å². The summed E-state index contributed by atoms with van der Waals surface area (Å²) >= 11 is 3.38. The van der Waals surface area contributed by atoms with Gasteiger partial charge in [0.1, 0.15) is 19.0 Å². The predicted octanol–water partition coefficient (Wildman–Crippen LogP) is 3.58. The number of amides is 1. The zero-order chi connectivity index (χ0) is 16.2. The highest BCUT2D eigenvalue weighted by Gasteiger charge is 2.13. The van der Waals surface area contributed by atoms with E-state index in [0.29, 0.717) is 6.61 Å². The zero-order valence-electron chi connectivity index (χ0n) is 12.6. The Kier molecular flexibility index (Phi) is 4.73. The molecule has 6 heteroatoms. The maximum atomic E-state index is 12.4. The maximum Gasteiger partial charge on any atom is 0.244 e. The molecule has 0 unspecified atom stereocenters. The van der Waals surface area contributed by atoms with E-state index in [1.165, 1.54) is 0 Å². The average Bonchev–Trinajstić information content (AvgIpc) is 2.88. The number of para-hydroxylation sites is 2. The van der Waals surface area contributed by atoms with Crippen molar-refractivity contribution in [2.75, 3.05) is 12.4 Å². The van der Waals surface area contributed by atoms with Crippen molar-refractivity contribution in [1.29, 1.82) is 0 Å². The first-order chi connectivity index (χ1) is 11.2. The third-order valence-electron chi connectivity index (χ3n) is 3.44. The van der Waals surface area contributed by atoms with E-state index in [1.54, 1.807) is 7.11 Å². The first-order valence-corrected chi connectivity index (χ1v) is 7.95. The number of methoxy groups -OCH3 is 1. The van der Waals surface area contributed by atoms with Crippen LogP contribution in [0.2, 0.25) is 0 Å². The number of hydrogen-bond acceptors (Lipinski definition) is 3. The number of anilines is 1. The zero-order valence-corrected chi connectivity index (χ0v) is 14.2. The van der Waals surface area contributed by atoms with Gasteiger partial charge in [0.25, 0.3) is 0 Å². The summed E-state index contributed by atoms with van der Waals surface area (Å²) in [6.07, 6.45) is 0. The SMILES string of the molecule is COCc1nc2ccccc2n1CC(=O)Nc1ccc(Br)cc1. The molecule has 1 amide bonds. The number of nitrogens with one attached hydrogen (secondary N) is 1. The molecule has 0 radical (unpaired) electrons. The molecule has 1 aromatic heterocycles. The van der Waals surface area contributed by atoms with E-state index in [-0.39, 0.29) is 12.5 Å². The van der Waals surface area contributed by atoms with Crippen LogP contribution in [-0.4, -0.2) is 22.6 Å². The fourth-order valence-corrected chi connectivity index (χ4v) is 2.68. The molecule has 118 valence electrons. The van der Waals surface area contributed by atoms with Gasteiger partial charge in [0, 0.05) is 17.3 Å². The Bertz CT molecular complexity index is 827. The molecule has 23 heavy (non-hydrogen) atoms. The second-order valence-corrected chi connectivity index (χ2v) is 6.01. The van der Waals surface area contributed by atoms with Crippen LogP contribution in [0.4, 0.5) is 5.69 Å². The predicted molar refractivity (Wildman–Crippen MR) is 93.2 cm³/mol. The summed E-state index contributed by atoms with van der Waals surface area (Å²) in [5.41, 5.74) is 2.54. The molecule has 0 saturated carbocycles. The lowest BCUT2D eigenvalue weighted by Gasteiger charge is -2.10. The number of aromatic nitrogens is 2. The van der Waals surface area contributed by atoms with Crippen LogP contribution in [-0.2, 0) is 22.7 Å². The molecule has 0 aliphatic rings. The number of rotatable bonds is 5. The lowest BCUT2D eigenvalue weighted by atomic mass is 10.3. The average molecular weight is 374 g/mol. The molecule has 0 atom stereocenters. The van der Waals surface area contributed by atoms with Crippen molar-refractivity contribution in [2.45, 2.75) is 13.2 Å². The highest BCUT2D eigenvalue weighted by atomic mass is 79.9. The molecule has 3 rings (SSSR count). The maximum absolute atomic E-state index is 12.4. The van der Waals surface area contributed by atoms with Crippen LogP contribution in [0.25, 0.3) is 11.0 Å². The minimum absolute atomic E-state index is 0.104. The highest BCUT2D eigenvalue weighted by Crippen LogP contribution is 2.18. The molecule has 0 aliphatic carbocycles. The van der Waals surface area contributed by atoms with Gasteiger partial charge in [0.15, 0.2) is 0 Å². The molecular weight excluding hydrogens is 358 g/mol. The summed E-state index contributed by atoms with van der Waals surface area (Å²) in [6, 6.07) is 15.2. The van der Waals surface area contributed by atoms with Gasteiger partial charge in [-0.05, 0) is 36.4 Å². The fourth-order valence-electron chi connectivity index (χ4n) is 2.42. The number of hydrogen-bond donors (Lipinski definition) is 1. The lowest BCUT2D eigenvalue weighted by Crippen LogP contribution is -2.20. The summed E-state index contributed by atoms with van der Waals surface area (Å²) < 4.78 is 8.04. The Hall–Kier alpha value is -2.18. The molecule has 0 bridgehead atoms. The van der Waals surface area contributed by atoms with E-state index < -0.39 is 0 Å². The van der Waals surface area contributed by atoms with Crippen molar-refractivity contribution in [1.82, 2.24) is 9.55 Å². The van der Waals surface area contributed by atoms with E-state index in [2.05, 4.69) is 26.2 Å². The first-order valence-electron chi connectivity index (χ1n) is 7.16. The van der Waals surface area contributed by atoms with Gasteiger partial charge >= 0.3 is 0 Å². The Morgan fingerprint density at radius 3 is 2.70 bits per heavy atom. The van der Waals surface area contributed by atoms with Gasteiger partial charge in [-0.25, -0.2) is 4.98 Å². The summed E-state index contributed by atoms with van der Waals surface area (Å²) in [5, 5.41) is 2.89. The van der Waals surface area contributed by atoms with Crippen molar-refractivity contribution in [3.8, 4) is 0 Å². The van der Waals surface area contributed by atoms with Crippen molar-refractivity contribution in [3.63, 3.8) is 0 Å². The normalized spacial score (nSPS) is 10.9. The molecular formula is C17H16BrN3O2. The Morgan fingerprint density at radius 1 is 1.22 bits per heavy atom.